The van der Waals surface area contributed by atoms with Gasteiger partial charge in [0.2, 0.25) is 0 Å². The lowest BCUT2D eigenvalue weighted by Gasteiger charge is -2.09. The number of nitrogens with two attached hydrogens (primary N) is 1. The molecule has 20 heavy (non-hydrogen) atoms. The molecular formula is C15H19NO4. The van der Waals surface area contributed by atoms with Crippen LogP contribution in [0.5, 0.6) is 0 Å². The molecule has 0 spiro atoms. The highest BCUT2D eigenvalue weighted by atomic mass is 16.5. The molecule has 0 unspecified atom stereocenters. The summed E-state index contributed by atoms with van der Waals surface area (Å²) in [6, 6.07) is 5.41. The Kier molecular flexibility index (Phi) is 5.43. The van der Waals surface area contributed by atoms with Gasteiger partial charge in [0.25, 0.3) is 5.91 Å². The van der Waals surface area contributed by atoms with Crippen LogP contribution in [0.25, 0.3) is 0 Å². The Balaban J connectivity index is 2.53. The maximum atomic E-state index is 11.9. The zero-order chi connectivity index (χ0) is 15.3. The highest BCUT2D eigenvalue weighted by molar-refractivity contribution is 5.97. The number of Topliss-reactive ketones (excluding diaryl/α,β-unsaturated/α-hetero) is 1. The van der Waals surface area contributed by atoms with Crippen molar-refractivity contribution in [1.82, 2.24) is 0 Å². The largest absolute Gasteiger partial charge is 0.453 e. The number of benzene rings is 1. The Hall–Kier alpha value is -2.17. The number of carbonyl (C=O) groups is 3. The summed E-state index contributed by atoms with van der Waals surface area (Å²) in [5, 5.41) is 0. The fourth-order valence-electron chi connectivity index (χ4n) is 1.59. The summed E-state index contributed by atoms with van der Waals surface area (Å²) in [7, 11) is 0. The number of primary amides is 1. The summed E-state index contributed by atoms with van der Waals surface area (Å²) in [6.45, 7) is 5.28. The molecule has 1 rings (SSSR count). The van der Waals surface area contributed by atoms with Gasteiger partial charge in [-0.25, -0.2) is 0 Å². The van der Waals surface area contributed by atoms with E-state index in [-0.39, 0.29) is 18.6 Å². The first-order valence-corrected chi connectivity index (χ1v) is 6.40. The lowest BCUT2D eigenvalue weighted by Crippen LogP contribution is -2.30. The van der Waals surface area contributed by atoms with Crippen molar-refractivity contribution >= 4 is 17.7 Å². The van der Waals surface area contributed by atoms with Crippen molar-refractivity contribution in [3.8, 4) is 0 Å². The van der Waals surface area contributed by atoms with E-state index in [0.29, 0.717) is 5.56 Å². The first-order valence-electron chi connectivity index (χ1n) is 6.40. The SMILES string of the molecule is Cc1ccc(C(=O)CCC(=O)O[C@H](C)C(N)=O)cc1C. The number of ether oxygens (including phenoxy) is 1. The van der Waals surface area contributed by atoms with Crippen LogP contribution in [0.2, 0.25) is 0 Å². The van der Waals surface area contributed by atoms with Crippen molar-refractivity contribution in [2.75, 3.05) is 0 Å². The number of hydrogen-bond acceptors (Lipinski definition) is 4. The number of rotatable bonds is 6. The molecule has 0 heterocycles. The molecule has 5 nitrogen and oxygen atoms in total. The number of ketones is 1. The minimum absolute atomic E-state index is 0.0484. The van der Waals surface area contributed by atoms with E-state index in [9.17, 15) is 14.4 Å². The molecule has 5 heteroatoms. The van der Waals surface area contributed by atoms with Gasteiger partial charge in [-0.2, -0.15) is 0 Å². The van der Waals surface area contributed by atoms with Crippen LogP contribution in [0.3, 0.4) is 0 Å². The first kappa shape index (κ1) is 15.9. The second-order valence-corrected chi connectivity index (χ2v) is 4.76. The van der Waals surface area contributed by atoms with Crippen LogP contribution >= 0.6 is 0 Å². The molecule has 0 radical (unpaired) electrons. The molecule has 1 aromatic carbocycles. The number of aryl methyl sites for hydroxylation is 2. The third-order valence-electron chi connectivity index (χ3n) is 3.09. The molecule has 0 aliphatic heterocycles. The van der Waals surface area contributed by atoms with Gasteiger partial charge in [-0.3, -0.25) is 14.4 Å². The molecule has 1 atom stereocenters. The second kappa shape index (κ2) is 6.84. The van der Waals surface area contributed by atoms with Crippen LogP contribution in [0, 0.1) is 13.8 Å². The molecule has 0 saturated carbocycles. The van der Waals surface area contributed by atoms with Crippen LogP contribution in [-0.2, 0) is 14.3 Å². The summed E-state index contributed by atoms with van der Waals surface area (Å²) < 4.78 is 4.78. The minimum atomic E-state index is -0.973. The van der Waals surface area contributed by atoms with Crippen LogP contribution in [0.15, 0.2) is 18.2 Å². The number of hydrogen-bond donors (Lipinski definition) is 1. The molecule has 108 valence electrons. The van der Waals surface area contributed by atoms with E-state index in [1.807, 2.05) is 19.9 Å². The van der Waals surface area contributed by atoms with Gasteiger partial charge in [0.15, 0.2) is 11.9 Å². The van der Waals surface area contributed by atoms with Crippen molar-refractivity contribution in [1.29, 1.82) is 0 Å². The average molecular weight is 277 g/mol. The lowest BCUT2D eigenvalue weighted by molar-refractivity contribution is -0.153. The van der Waals surface area contributed by atoms with E-state index < -0.39 is 18.0 Å². The highest BCUT2D eigenvalue weighted by Crippen LogP contribution is 2.12. The molecule has 1 aromatic rings. The maximum absolute atomic E-state index is 11.9. The van der Waals surface area contributed by atoms with Crippen molar-refractivity contribution in [3.05, 3.63) is 34.9 Å². The third-order valence-corrected chi connectivity index (χ3v) is 3.09. The van der Waals surface area contributed by atoms with Crippen molar-refractivity contribution in [2.24, 2.45) is 5.73 Å². The summed E-state index contributed by atoms with van der Waals surface area (Å²) in [5.41, 5.74) is 7.69. The van der Waals surface area contributed by atoms with Gasteiger partial charge in [0, 0.05) is 12.0 Å². The fraction of sp³-hybridized carbons (Fsp3) is 0.400. The Morgan fingerprint density at radius 1 is 1.15 bits per heavy atom. The smallest absolute Gasteiger partial charge is 0.307 e. The molecule has 0 aromatic heterocycles. The number of esters is 1. The monoisotopic (exact) mass is 277 g/mol. The Morgan fingerprint density at radius 2 is 1.80 bits per heavy atom. The fourth-order valence-corrected chi connectivity index (χ4v) is 1.59. The second-order valence-electron chi connectivity index (χ2n) is 4.76. The highest BCUT2D eigenvalue weighted by Gasteiger charge is 2.16. The van der Waals surface area contributed by atoms with E-state index >= 15 is 0 Å². The van der Waals surface area contributed by atoms with Crippen LogP contribution in [0.4, 0.5) is 0 Å². The summed E-state index contributed by atoms with van der Waals surface area (Å²) in [6.07, 6.45) is -0.991. The van der Waals surface area contributed by atoms with Crippen LogP contribution < -0.4 is 5.73 Å². The number of carbonyl (C=O) groups excluding carboxylic acids is 3. The molecule has 1 amide bonds. The zero-order valence-corrected chi connectivity index (χ0v) is 11.9. The number of amides is 1. The molecule has 0 saturated heterocycles. The van der Waals surface area contributed by atoms with Gasteiger partial charge in [0.1, 0.15) is 0 Å². The van der Waals surface area contributed by atoms with Gasteiger partial charge >= 0.3 is 5.97 Å². The van der Waals surface area contributed by atoms with E-state index in [0.717, 1.165) is 11.1 Å². The van der Waals surface area contributed by atoms with Crippen LogP contribution in [-0.4, -0.2) is 23.8 Å². The van der Waals surface area contributed by atoms with Crippen LogP contribution in [0.1, 0.15) is 41.3 Å². The van der Waals surface area contributed by atoms with E-state index in [4.69, 9.17) is 10.5 Å². The predicted molar refractivity (Wildman–Crippen MR) is 74.2 cm³/mol. The lowest BCUT2D eigenvalue weighted by atomic mass is 10.0. The molecule has 2 N–H and O–H groups in total. The van der Waals surface area contributed by atoms with E-state index in [2.05, 4.69) is 0 Å². The van der Waals surface area contributed by atoms with E-state index in [1.165, 1.54) is 6.92 Å². The standard InChI is InChI=1S/C15H19NO4/c1-9-4-5-12(8-10(9)2)13(17)6-7-14(18)20-11(3)15(16)19/h4-5,8,11H,6-7H2,1-3H3,(H2,16,19)/t11-/m1/s1. The Labute approximate surface area is 118 Å². The van der Waals surface area contributed by atoms with E-state index in [1.54, 1.807) is 12.1 Å². The van der Waals surface area contributed by atoms with Crippen molar-refractivity contribution in [3.63, 3.8) is 0 Å². The molecule has 0 bridgehead atoms. The van der Waals surface area contributed by atoms with Gasteiger partial charge < -0.3 is 10.5 Å². The molecular weight excluding hydrogens is 258 g/mol. The summed E-state index contributed by atoms with van der Waals surface area (Å²) in [4.78, 5) is 34.1. The molecule has 0 aliphatic carbocycles. The molecule has 0 aliphatic rings. The predicted octanol–water partition coefficient (Wildman–Crippen LogP) is 1.68. The average Bonchev–Trinajstić information content (AvgIpc) is 2.39. The van der Waals surface area contributed by atoms with Gasteiger partial charge in [-0.15, -0.1) is 0 Å². The van der Waals surface area contributed by atoms with Crippen molar-refractivity contribution in [2.45, 2.75) is 39.7 Å². The summed E-state index contributed by atoms with van der Waals surface area (Å²) in [5.74, 6) is -1.44. The normalized spacial score (nSPS) is 11.8. The maximum Gasteiger partial charge on any atom is 0.307 e. The third kappa shape index (κ3) is 4.50. The topological polar surface area (TPSA) is 86.5 Å². The Morgan fingerprint density at radius 3 is 2.35 bits per heavy atom. The van der Waals surface area contributed by atoms with Gasteiger partial charge in [-0.05, 0) is 38.0 Å². The Bertz CT molecular complexity index is 537. The first-order chi connectivity index (χ1) is 9.31. The van der Waals surface area contributed by atoms with Gasteiger partial charge in [0.05, 0.1) is 6.42 Å². The van der Waals surface area contributed by atoms with Gasteiger partial charge in [-0.1, -0.05) is 12.1 Å². The zero-order valence-electron chi connectivity index (χ0n) is 11.9. The molecule has 0 fully saturated rings. The quantitative estimate of drug-likeness (QED) is 0.633. The van der Waals surface area contributed by atoms with Crippen molar-refractivity contribution < 1.29 is 19.1 Å². The summed E-state index contributed by atoms with van der Waals surface area (Å²) >= 11 is 0. The minimum Gasteiger partial charge on any atom is -0.453 e.